The van der Waals surface area contributed by atoms with E-state index in [-0.39, 0.29) is 0 Å². The Bertz CT molecular complexity index is 538. The lowest BCUT2D eigenvalue weighted by Gasteiger charge is -2.11. The number of imidazole rings is 1. The van der Waals surface area contributed by atoms with Crippen molar-refractivity contribution in [2.45, 2.75) is 25.6 Å². The van der Waals surface area contributed by atoms with E-state index in [2.05, 4.69) is 22.7 Å². The number of thioether (sulfide) groups is 1. The molecule has 0 amide bonds. The maximum absolute atomic E-state index is 6.01. The van der Waals surface area contributed by atoms with Crippen molar-refractivity contribution in [3.63, 3.8) is 0 Å². The molecule has 0 fully saturated rings. The van der Waals surface area contributed by atoms with Crippen LogP contribution in [0.1, 0.15) is 13.8 Å². The van der Waals surface area contributed by atoms with E-state index < -0.39 is 0 Å². The van der Waals surface area contributed by atoms with Gasteiger partial charge in [0.1, 0.15) is 11.3 Å². The van der Waals surface area contributed by atoms with E-state index >= 15 is 0 Å². The van der Waals surface area contributed by atoms with Crippen molar-refractivity contribution in [3.8, 4) is 5.75 Å². The second kappa shape index (κ2) is 5.52. The summed E-state index contributed by atoms with van der Waals surface area (Å²) < 4.78 is 7.64. The molecule has 1 atom stereocenters. The predicted octanol–water partition coefficient (Wildman–Crippen LogP) is 2.77. The van der Waals surface area contributed by atoms with Gasteiger partial charge in [-0.3, -0.25) is 0 Å². The zero-order chi connectivity index (χ0) is 13.1. The second-order valence-corrected chi connectivity index (χ2v) is 5.46. The molecule has 5 heteroatoms. The van der Waals surface area contributed by atoms with Gasteiger partial charge in [0.2, 0.25) is 5.95 Å². The van der Waals surface area contributed by atoms with Crippen molar-refractivity contribution in [2.24, 2.45) is 0 Å². The summed E-state index contributed by atoms with van der Waals surface area (Å²) in [5.74, 6) is 1.36. The van der Waals surface area contributed by atoms with Crippen molar-refractivity contribution in [3.05, 3.63) is 18.2 Å². The molecule has 0 aliphatic heterocycles. The Balaban J connectivity index is 2.47. The summed E-state index contributed by atoms with van der Waals surface area (Å²) in [6, 6.07) is 5.95. The Labute approximate surface area is 112 Å². The number of hydrogen-bond donors (Lipinski definition) is 1. The number of rotatable bonds is 5. The molecular formula is C13H19N3OS. The van der Waals surface area contributed by atoms with Gasteiger partial charge >= 0.3 is 0 Å². The summed E-state index contributed by atoms with van der Waals surface area (Å²) in [6.07, 6.45) is 2.10. The van der Waals surface area contributed by atoms with Crippen LogP contribution in [0.2, 0.25) is 0 Å². The van der Waals surface area contributed by atoms with Crippen molar-refractivity contribution < 1.29 is 4.74 Å². The Hall–Kier alpha value is -1.36. The van der Waals surface area contributed by atoms with Crippen molar-refractivity contribution in [1.82, 2.24) is 9.55 Å². The minimum atomic E-state index is 0.500. The molecular weight excluding hydrogens is 246 g/mol. The van der Waals surface area contributed by atoms with Crippen LogP contribution in [0.3, 0.4) is 0 Å². The Morgan fingerprint density at radius 3 is 2.94 bits per heavy atom. The summed E-state index contributed by atoms with van der Waals surface area (Å²) in [5, 5.41) is 0.500. The molecule has 98 valence electrons. The summed E-state index contributed by atoms with van der Waals surface area (Å²) in [5.41, 5.74) is 7.90. The maximum atomic E-state index is 6.01. The van der Waals surface area contributed by atoms with Gasteiger partial charge in [-0.1, -0.05) is 13.0 Å². The van der Waals surface area contributed by atoms with E-state index in [9.17, 15) is 0 Å². The SMILES string of the molecule is CCOc1cccc2c1nc(N)n2CC(C)SC. The average molecular weight is 265 g/mol. The van der Waals surface area contributed by atoms with Gasteiger partial charge in [-0.2, -0.15) is 11.8 Å². The largest absolute Gasteiger partial charge is 0.492 e. The molecule has 18 heavy (non-hydrogen) atoms. The zero-order valence-corrected chi connectivity index (χ0v) is 11.8. The quantitative estimate of drug-likeness (QED) is 0.903. The van der Waals surface area contributed by atoms with Crippen molar-refractivity contribution in [1.29, 1.82) is 0 Å². The molecule has 0 bridgehead atoms. The van der Waals surface area contributed by atoms with Gasteiger partial charge < -0.3 is 15.0 Å². The van der Waals surface area contributed by atoms with E-state index in [0.717, 1.165) is 23.3 Å². The fourth-order valence-electron chi connectivity index (χ4n) is 1.93. The standard InChI is InChI=1S/C13H19N3OS/c1-4-17-11-7-5-6-10-12(11)15-13(14)16(10)8-9(2)18-3/h5-7,9H,4,8H2,1-3H3,(H2,14,15). The molecule has 1 aromatic heterocycles. The summed E-state index contributed by atoms with van der Waals surface area (Å²) in [6.45, 7) is 5.64. The summed E-state index contributed by atoms with van der Waals surface area (Å²) in [7, 11) is 0. The van der Waals surface area contributed by atoms with E-state index in [1.807, 2.05) is 36.9 Å². The highest BCUT2D eigenvalue weighted by Gasteiger charge is 2.13. The average Bonchev–Trinajstić information content (AvgIpc) is 2.68. The number of aromatic nitrogens is 2. The van der Waals surface area contributed by atoms with Crippen LogP contribution in [-0.4, -0.2) is 27.7 Å². The molecule has 0 aliphatic rings. The van der Waals surface area contributed by atoms with Gasteiger partial charge in [0.05, 0.1) is 12.1 Å². The first-order valence-corrected chi connectivity index (χ1v) is 7.36. The van der Waals surface area contributed by atoms with Crippen molar-refractivity contribution >= 4 is 28.7 Å². The number of para-hydroxylation sites is 1. The number of anilines is 1. The van der Waals surface area contributed by atoms with Crippen LogP contribution in [0.5, 0.6) is 5.75 Å². The van der Waals surface area contributed by atoms with Crippen LogP contribution in [0.4, 0.5) is 5.95 Å². The lowest BCUT2D eigenvalue weighted by Crippen LogP contribution is -2.11. The molecule has 0 spiro atoms. The fourth-order valence-corrected chi connectivity index (χ4v) is 2.23. The molecule has 0 aliphatic carbocycles. The van der Waals surface area contributed by atoms with Crippen molar-refractivity contribution in [2.75, 3.05) is 18.6 Å². The highest BCUT2D eigenvalue weighted by Crippen LogP contribution is 2.28. The van der Waals surface area contributed by atoms with Gasteiger partial charge in [0.15, 0.2) is 0 Å². The number of fused-ring (bicyclic) bond motifs is 1. The first kappa shape index (κ1) is 13.1. The molecule has 1 aromatic carbocycles. The minimum Gasteiger partial charge on any atom is -0.492 e. The third kappa shape index (κ3) is 2.41. The third-order valence-corrected chi connectivity index (χ3v) is 3.87. The maximum Gasteiger partial charge on any atom is 0.201 e. The number of nitrogens with two attached hydrogens (primary N) is 1. The topological polar surface area (TPSA) is 53.1 Å². The first-order chi connectivity index (χ1) is 8.67. The molecule has 0 saturated heterocycles. The van der Waals surface area contributed by atoms with E-state index in [4.69, 9.17) is 10.5 Å². The van der Waals surface area contributed by atoms with Gasteiger partial charge in [0.25, 0.3) is 0 Å². The molecule has 2 rings (SSSR count). The van der Waals surface area contributed by atoms with E-state index in [0.29, 0.717) is 17.8 Å². The van der Waals surface area contributed by atoms with Crippen LogP contribution < -0.4 is 10.5 Å². The molecule has 2 aromatic rings. The summed E-state index contributed by atoms with van der Waals surface area (Å²) >= 11 is 1.82. The minimum absolute atomic E-state index is 0.500. The fraction of sp³-hybridized carbons (Fsp3) is 0.462. The number of nitrogen functional groups attached to an aromatic ring is 1. The Kier molecular flexibility index (Phi) is 4.01. The van der Waals surface area contributed by atoms with Gasteiger partial charge in [-0.15, -0.1) is 0 Å². The third-order valence-electron chi connectivity index (χ3n) is 2.91. The van der Waals surface area contributed by atoms with Crippen LogP contribution in [0.25, 0.3) is 11.0 Å². The molecule has 1 unspecified atom stereocenters. The molecule has 0 radical (unpaired) electrons. The summed E-state index contributed by atoms with van der Waals surface area (Å²) in [4.78, 5) is 4.43. The highest BCUT2D eigenvalue weighted by molar-refractivity contribution is 7.99. The normalized spacial score (nSPS) is 12.8. The molecule has 0 saturated carbocycles. The van der Waals surface area contributed by atoms with E-state index in [1.54, 1.807) is 0 Å². The number of hydrogen-bond acceptors (Lipinski definition) is 4. The van der Waals surface area contributed by atoms with Gasteiger partial charge in [0, 0.05) is 11.8 Å². The molecule has 1 heterocycles. The van der Waals surface area contributed by atoms with Crippen LogP contribution in [0, 0.1) is 0 Å². The number of nitrogens with zero attached hydrogens (tertiary/aromatic N) is 2. The lowest BCUT2D eigenvalue weighted by molar-refractivity contribution is 0.343. The van der Waals surface area contributed by atoms with Crippen LogP contribution in [0.15, 0.2) is 18.2 Å². The van der Waals surface area contributed by atoms with Gasteiger partial charge in [-0.25, -0.2) is 4.98 Å². The molecule has 2 N–H and O–H groups in total. The Morgan fingerprint density at radius 2 is 2.28 bits per heavy atom. The predicted molar refractivity (Wildman–Crippen MR) is 78.3 cm³/mol. The smallest absolute Gasteiger partial charge is 0.201 e. The second-order valence-electron chi connectivity index (χ2n) is 4.18. The first-order valence-electron chi connectivity index (χ1n) is 6.07. The highest BCUT2D eigenvalue weighted by atomic mass is 32.2. The van der Waals surface area contributed by atoms with E-state index in [1.165, 1.54) is 0 Å². The molecule has 4 nitrogen and oxygen atoms in total. The monoisotopic (exact) mass is 265 g/mol. The van der Waals surface area contributed by atoms with Crippen LogP contribution >= 0.6 is 11.8 Å². The van der Waals surface area contributed by atoms with Gasteiger partial charge in [-0.05, 0) is 25.3 Å². The van der Waals surface area contributed by atoms with Crippen LogP contribution in [-0.2, 0) is 6.54 Å². The zero-order valence-electron chi connectivity index (χ0n) is 11.0. The lowest BCUT2D eigenvalue weighted by atomic mass is 10.3. The Morgan fingerprint density at radius 1 is 1.50 bits per heavy atom. The number of ether oxygens (including phenoxy) is 1. The number of benzene rings is 1.